The smallest absolute Gasteiger partial charge is 0.324 e. The SMILES string of the molecule is CC(=O)Nc1cnc(Oc2c(C)cc(C#N)cc2C)nc1Nc1ccc(C#N)cc1. The van der Waals surface area contributed by atoms with Crippen LogP contribution in [-0.2, 0) is 4.79 Å². The summed E-state index contributed by atoms with van der Waals surface area (Å²) in [5.74, 6) is 0.628. The van der Waals surface area contributed by atoms with E-state index in [9.17, 15) is 4.79 Å². The summed E-state index contributed by atoms with van der Waals surface area (Å²) in [4.78, 5) is 20.1. The van der Waals surface area contributed by atoms with Gasteiger partial charge in [-0.3, -0.25) is 4.79 Å². The number of nitrogens with zero attached hydrogens (tertiary/aromatic N) is 4. The number of aryl methyl sites for hydroxylation is 2. The number of ether oxygens (including phenoxy) is 1. The molecule has 2 N–H and O–H groups in total. The van der Waals surface area contributed by atoms with Crippen molar-refractivity contribution in [3.05, 3.63) is 64.8 Å². The summed E-state index contributed by atoms with van der Waals surface area (Å²) >= 11 is 0. The second-order valence-electron chi connectivity index (χ2n) is 6.56. The molecule has 148 valence electrons. The van der Waals surface area contributed by atoms with Crippen molar-refractivity contribution < 1.29 is 9.53 Å². The molecule has 3 aromatic rings. The van der Waals surface area contributed by atoms with E-state index in [2.05, 4.69) is 32.7 Å². The van der Waals surface area contributed by atoms with E-state index < -0.39 is 0 Å². The first-order valence-corrected chi connectivity index (χ1v) is 9.00. The van der Waals surface area contributed by atoms with Crippen LogP contribution in [0.5, 0.6) is 11.8 Å². The Morgan fingerprint density at radius 2 is 1.67 bits per heavy atom. The van der Waals surface area contributed by atoms with Crippen molar-refractivity contribution in [1.82, 2.24) is 9.97 Å². The number of aromatic nitrogens is 2. The first-order valence-electron chi connectivity index (χ1n) is 9.00. The maximum Gasteiger partial charge on any atom is 0.324 e. The van der Waals surface area contributed by atoms with Crippen LogP contribution >= 0.6 is 0 Å². The number of amides is 1. The summed E-state index contributed by atoms with van der Waals surface area (Å²) in [5, 5.41) is 23.8. The Balaban J connectivity index is 1.95. The van der Waals surface area contributed by atoms with Gasteiger partial charge >= 0.3 is 6.01 Å². The zero-order chi connectivity index (χ0) is 21.7. The quantitative estimate of drug-likeness (QED) is 0.655. The van der Waals surface area contributed by atoms with Crippen molar-refractivity contribution in [3.63, 3.8) is 0 Å². The zero-order valence-electron chi connectivity index (χ0n) is 16.6. The van der Waals surface area contributed by atoms with E-state index in [1.165, 1.54) is 13.1 Å². The molecule has 1 heterocycles. The van der Waals surface area contributed by atoms with Crippen LogP contribution in [0.2, 0.25) is 0 Å². The average molecular weight is 398 g/mol. The molecule has 2 aromatic carbocycles. The molecule has 0 saturated carbocycles. The fourth-order valence-corrected chi connectivity index (χ4v) is 2.82. The number of nitriles is 2. The minimum Gasteiger partial charge on any atom is -0.424 e. The van der Waals surface area contributed by atoms with Gasteiger partial charge in [0.15, 0.2) is 5.82 Å². The molecular weight excluding hydrogens is 380 g/mol. The van der Waals surface area contributed by atoms with Crippen LogP contribution in [0.15, 0.2) is 42.6 Å². The van der Waals surface area contributed by atoms with Crippen molar-refractivity contribution >= 4 is 23.1 Å². The lowest BCUT2D eigenvalue weighted by Crippen LogP contribution is -2.10. The number of hydrogen-bond acceptors (Lipinski definition) is 7. The van der Waals surface area contributed by atoms with Crippen molar-refractivity contribution in [3.8, 4) is 23.9 Å². The fourth-order valence-electron chi connectivity index (χ4n) is 2.82. The van der Waals surface area contributed by atoms with E-state index in [-0.39, 0.29) is 11.9 Å². The zero-order valence-corrected chi connectivity index (χ0v) is 16.6. The van der Waals surface area contributed by atoms with Gasteiger partial charge in [0.25, 0.3) is 0 Å². The maximum absolute atomic E-state index is 11.5. The third kappa shape index (κ3) is 4.70. The number of carbonyl (C=O) groups is 1. The predicted octanol–water partition coefficient (Wildman–Crippen LogP) is 4.33. The second-order valence-corrected chi connectivity index (χ2v) is 6.56. The number of benzene rings is 2. The minimum absolute atomic E-state index is 0.0798. The molecule has 8 heteroatoms. The molecule has 1 amide bonds. The highest BCUT2D eigenvalue weighted by atomic mass is 16.5. The molecule has 0 radical (unpaired) electrons. The van der Waals surface area contributed by atoms with Gasteiger partial charge in [0.05, 0.1) is 29.5 Å². The highest BCUT2D eigenvalue weighted by molar-refractivity contribution is 5.92. The number of nitrogens with one attached hydrogen (secondary N) is 2. The van der Waals surface area contributed by atoms with Crippen LogP contribution in [0.1, 0.15) is 29.2 Å². The van der Waals surface area contributed by atoms with Gasteiger partial charge in [0.1, 0.15) is 11.4 Å². The van der Waals surface area contributed by atoms with E-state index in [0.717, 1.165) is 11.1 Å². The van der Waals surface area contributed by atoms with Gasteiger partial charge in [-0.1, -0.05) is 0 Å². The summed E-state index contributed by atoms with van der Waals surface area (Å²) in [5.41, 5.74) is 3.69. The first-order chi connectivity index (χ1) is 14.4. The lowest BCUT2D eigenvalue weighted by Gasteiger charge is -2.14. The molecular formula is C22H18N6O2. The van der Waals surface area contributed by atoms with E-state index in [0.29, 0.717) is 34.1 Å². The molecule has 8 nitrogen and oxygen atoms in total. The van der Waals surface area contributed by atoms with E-state index in [1.807, 2.05) is 13.8 Å². The van der Waals surface area contributed by atoms with Crippen molar-refractivity contribution in [2.45, 2.75) is 20.8 Å². The van der Waals surface area contributed by atoms with Gasteiger partial charge in [-0.15, -0.1) is 0 Å². The van der Waals surface area contributed by atoms with Gasteiger partial charge in [-0.2, -0.15) is 15.5 Å². The Hall–Kier alpha value is -4.43. The molecule has 30 heavy (non-hydrogen) atoms. The summed E-state index contributed by atoms with van der Waals surface area (Å²) < 4.78 is 5.89. The third-order valence-electron chi connectivity index (χ3n) is 4.14. The van der Waals surface area contributed by atoms with Gasteiger partial charge in [-0.05, 0) is 61.4 Å². The van der Waals surface area contributed by atoms with E-state index >= 15 is 0 Å². The Bertz CT molecular complexity index is 1170. The Morgan fingerprint density at radius 1 is 1.03 bits per heavy atom. The molecule has 3 rings (SSSR count). The third-order valence-corrected chi connectivity index (χ3v) is 4.14. The maximum atomic E-state index is 11.5. The van der Waals surface area contributed by atoms with Crippen LogP contribution in [0.25, 0.3) is 0 Å². The van der Waals surface area contributed by atoms with Crippen molar-refractivity contribution in [2.24, 2.45) is 0 Å². The first kappa shape index (κ1) is 20.3. The van der Waals surface area contributed by atoms with Crippen LogP contribution in [0.3, 0.4) is 0 Å². The van der Waals surface area contributed by atoms with Gasteiger partial charge in [-0.25, -0.2) is 4.98 Å². The van der Waals surface area contributed by atoms with Gasteiger partial charge in [0, 0.05) is 12.6 Å². The Labute approximate surface area is 173 Å². The summed E-state index contributed by atoms with van der Waals surface area (Å²) in [6, 6.07) is 14.5. The topological polar surface area (TPSA) is 124 Å². The molecule has 0 unspecified atom stereocenters. The Kier molecular flexibility index (Phi) is 5.90. The number of anilines is 3. The molecule has 0 saturated heterocycles. The van der Waals surface area contributed by atoms with Crippen LogP contribution in [-0.4, -0.2) is 15.9 Å². The van der Waals surface area contributed by atoms with Crippen LogP contribution in [0.4, 0.5) is 17.2 Å². The number of hydrogen-bond donors (Lipinski definition) is 2. The van der Waals surface area contributed by atoms with Crippen LogP contribution < -0.4 is 15.4 Å². The van der Waals surface area contributed by atoms with E-state index in [1.54, 1.807) is 36.4 Å². The van der Waals surface area contributed by atoms with E-state index in [4.69, 9.17) is 15.3 Å². The number of rotatable bonds is 5. The normalized spacial score (nSPS) is 9.90. The number of carbonyl (C=O) groups excluding carboxylic acids is 1. The molecule has 0 spiro atoms. The fraction of sp³-hybridized carbons (Fsp3) is 0.136. The second kappa shape index (κ2) is 8.72. The standard InChI is InChI=1S/C22H18N6O2/c1-13-8-17(11-24)9-14(2)20(13)30-22-25-12-19(26-15(3)29)21(28-22)27-18-6-4-16(10-23)5-7-18/h4-9,12H,1-3H3,(H,26,29)(H,25,27,28). The predicted molar refractivity (Wildman–Crippen MR) is 111 cm³/mol. The molecule has 0 atom stereocenters. The monoisotopic (exact) mass is 398 g/mol. The Morgan fingerprint density at radius 3 is 2.23 bits per heavy atom. The molecule has 0 aliphatic carbocycles. The molecule has 0 aliphatic rings. The lowest BCUT2D eigenvalue weighted by atomic mass is 10.1. The molecule has 0 bridgehead atoms. The largest absolute Gasteiger partial charge is 0.424 e. The summed E-state index contributed by atoms with van der Waals surface area (Å²) in [7, 11) is 0. The molecule has 1 aromatic heterocycles. The summed E-state index contributed by atoms with van der Waals surface area (Å²) in [6.45, 7) is 5.06. The highest BCUT2D eigenvalue weighted by Crippen LogP contribution is 2.31. The van der Waals surface area contributed by atoms with Gasteiger partial charge < -0.3 is 15.4 Å². The lowest BCUT2D eigenvalue weighted by molar-refractivity contribution is -0.114. The van der Waals surface area contributed by atoms with Gasteiger partial charge in [0.2, 0.25) is 5.91 Å². The molecule has 0 fully saturated rings. The van der Waals surface area contributed by atoms with Crippen molar-refractivity contribution in [2.75, 3.05) is 10.6 Å². The summed E-state index contributed by atoms with van der Waals surface area (Å²) in [6.07, 6.45) is 1.45. The van der Waals surface area contributed by atoms with Crippen molar-refractivity contribution in [1.29, 1.82) is 10.5 Å². The highest BCUT2D eigenvalue weighted by Gasteiger charge is 2.14. The average Bonchev–Trinajstić information content (AvgIpc) is 2.72. The van der Waals surface area contributed by atoms with Crippen LogP contribution in [0, 0.1) is 36.5 Å². The minimum atomic E-state index is -0.270. The molecule has 0 aliphatic heterocycles.